The van der Waals surface area contributed by atoms with Gasteiger partial charge in [0.1, 0.15) is 5.75 Å². The Labute approximate surface area is 197 Å². The zero-order chi connectivity index (χ0) is 23.8. The van der Waals surface area contributed by atoms with E-state index in [0.29, 0.717) is 28.4 Å². The van der Waals surface area contributed by atoms with Crippen molar-refractivity contribution in [3.8, 4) is 5.75 Å². The molecule has 0 radical (unpaired) electrons. The van der Waals surface area contributed by atoms with Gasteiger partial charge in [0, 0.05) is 17.3 Å². The minimum Gasteiger partial charge on any atom is -0.508 e. The molecule has 3 atom stereocenters. The molecule has 170 valence electrons. The molecule has 2 heterocycles. The maximum absolute atomic E-state index is 13.7. The van der Waals surface area contributed by atoms with Crippen LogP contribution in [0.2, 0.25) is 0 Å². The van der Waals surface area contributed by atoms with Gasteiger partial charge in [-0.2, -0.15) is 10.2 Å². The molecular formula is C27H24N4O3. The van der Waals surface area contributed by atoms with Crippen molar-refractivity contribution in [2.75, 3.05) is 10.0 Å². The molecule has 0 fully saturated rings. The number of hydrogen-bond donors (Lipinski definition) is 1. The van der Waals surface area contributed by atoms with E-state index in [1.807, 2.05) is 60.7 Å². The molecule has 5 rings (SSSR count). The van der Waals surface area contributed by atoms with Crippen molar-refractivity contribution in [3.63, 3.8) is 0 Å². The molecule has 1 N–H and O–H groups in total. The molecule has 2 aliphatic rings. The fourth-order valence-corrected chi connectivity index (χ4v) is 4.82. The van der Waals surface area contributed by atoms with Crippen LogP contribution in [0, 0.1) is 11.8 Å². The van der Waals surface area contributed by atoms with Crippen molar-refractivity contribution in [3.05, 3.63) is 90.5 Å². The van der Waals surface area contributed by atoms with Crippen LogP contribution in [0.5, 0.6) is 5.75 Å². The summed E-state index contributed by atoms with van der Waals surface area (Å²) in [7, 11) is 0. The lowest BCUT2D eigenvalue weighted by Crippen LogP contribution is -2.40. The molecule has 3 aromatic carbocycles. The molecule has 34 heavy (non-hydrogen) atoms. The van der Waals surface area contributed by atoms with E-state index in [0.717, 1.165) is 0 Å². The Balaban J connectivity index is 1.59. The second-order valence-electron chi connectivity index (χ2n) is 8.49. The Bertz CT molecular complexity index is 1220. The van der Waals surface area contributed by atoms with Gasteiger partial charge in [-0.3, -0.25) is 9.59 Å². The van der Waals surface area contributed by atoms with Gasteiger partial charge in [0.25, 0.3) is 11.8 Å². The third-order valence-corrected chi connectivity index (χ3v) is 6.38. The number of rotatable bonds is 5. The van der Waals surface area contributed by atoms with E-state index in [1.54, 1.807) is 38.1 Å². The molecule has 2 aliphatic heterocycles. The third-order valence-electron chi connectivity index (χ3n) is 6.38. The highest BCUT2D eigenvalue weighted by molar-refractivity contribution is 6.19. The number of nitrogens with zero attached hydrogens (tertiary/aromatic N) is 4. The highest BCUT2D eigenvalue weighted by Gasteiger charge is 2.50. The van der Waals surface area contributed by atoms with Crippen molar-refractivity contribution in [1.29, 1.82) is 0 Å². The number of phenolic OH excluding ortho intramolecular Hbond substituents is 1. The molecule has 3 aromatic rings. The first kappa shape index (κ1) is 21.6. The lowest BCUT2D eigenvalue weighted by Gasteiger charge is -2.29. The van der Waals surface area contributed by atoms with E-state index in [1.165, 1.54) is 10.0 Å². The summed E-state index contributed by atoms with van der Waals surface area (Å²) in [5, 5.41) is 22.6. The molecule has 7 nitrogen and oxygen atoms in total. The van der Waals surface area contributed by atoms with Crippen LogP contribution < -0.4 is 10.0 Å². The van der Waals surface area contributed by atoms with Gasteiger partial charge in [0.2, 0.25) is 0 Å². The van der Waals surface area contributed by atoms with Crippen molar-refractivity contribution < 1.29 is 14.7 Å². The lowest BCUT2D eigenvalue weighted by molar-refractivity contribution is -0.122. The summed E-state index contributed by atoms with van der Waals surface area (Å²) in [4.78, 5) is 27.5. The van der Waals surface area contributed by atoms with Crippen LogP contribution in [0.15, 0.2) is 95.1 Å². The first-order valence-corrected chi connectivity index (χ1v) is 11.1. The number of carbonyl (C=O) groups is 2. The summed E-state index contributed by atoms with van der Waals surface area (Å²) >= 11 is 0. The molecule has 7 heteroatoms. The highest BCUT2D eigenvalue weighted by atomic mass is 16.3. The minimum absolute atomic E-state index is 0.0324. The smallest absolute Gasteiger partial charge is 0.256 e. The number of aromatic hydroxyl groups is 1. The van der Waals surface area contributed by atoms with Crippen LogP contribution >= 0.6 is 0 Å². The summed E-state index contributed by atoms with van der Waals surface area (Å²) in [6.45, 7) is 3.58. The van der Waals surface area contributed by atoms with Gasteiger partial charge in [-0.25, -0.2) is 10.0 Å². The molecule has 0 aromatic heterocycles. The maximum Gasteiger partial charge on any atom is 0.256 e. The van der Waals surface area contributed by atoms with Gasteiger partial charge in [0.15, 0.2) is 0 Å². The summed E-state index contributed by atoms with van der Waals surface area (Å²) in [5.74, 6) is -2.58. The Morgan fingerprint density at radius 1 is 0.676 bits per heavy atom. The Hall–Kier alpha value is -4.26. The standard InChI is InChI=1S/C27H24N4O3/c1-17-23(26(33)30(28-17)19-11-5-3-6-12-19)25(21-15-9-10-16-22(21)32)24-18(2)29-31(27(24)34)20-13-7-4-8-14-20/h3-16,23-25,32H,1-2H3/t23-,24+,25?. The normalized spacial score (nSPS) is 21.0. The van der Waals surface area contributed by atoms with Crippen LogP contribution in [-0.2, 0) is 9.59 Å². The van der Waals surface area contributed by atoms with Crippen molar-refractivity contribution >= 4 is 34.6 Å². The van der Waals surface area contributed by atoms with Crippen molar-refractivity contribution in [1.82, 2.24) is 0 Å². The largest absolute Gasteiger partial charge is 0.508 e. The zero-order valence-corrected chi connectivity index (χ0v) is 18.9. The number of anilines is 2. The summed E-state index contributed by atoms with van der Waals surface area (Å²) in [6, 6.07) is 25.2. The van der Waals surface area contributed by atoms with Crippen LogP contribution in [-0.4, -0.2) is 28.3 Å². The predicted molar refractivity (Wildman–Crippen MR) is 132 cm³/mol. The fourth-order valence-electron chi connectivity index (χ4n) is 4.82. The Kier molecular flexibility index (Phi) is 5.45. The highest BCUT2D eigenvalue weighted by Crippen LogP contribution is 2.44. The average molecular weight is 453 g/mol. The topological polar surface area (TPSA) is 85.6 Å². The molecule has 0 aliphatic carbocycles. The van der Waals surface area contributed by atoms with Crippen LogP contribution in [0.3, 0.4) is 0 Å². The first-order valence-electron chi connectivity index (χ1n) is 11.1. The van der Waals surface area contributed by atoms with Gasteiger partial charge in [-0.05, 0) is 49.7 Å². The van der Waals surface area contributed by atoms with Crippen molar-refractivity contribution in [2.45, 2.75) is 19.8 Å². The molecule has 0 bridgehead atoms. The first-order chi connectivity index (χ1) is 16.5. The van der Waals surface area contributed by atoms with E-state index in [2.05, 4.69) is 10.2 Å². The maximum atomic E-state index is 13.7. The monoisotopic (exact) mass is 452 g/mol. The van der Waals surface area contributed by atoms with E-state index in [9.17, 15) is 14.7 Å². The number of para-hydroxylation sites is 3. The van der Waals surface area contributed by atoms with Crippen LogP contribution in [0.1, 0.15) is 25.3 Å². The minimum atomic E-state index is -0.733. The number of amides is 2. The molecule has 2 amide bonds. The van der Waals surface area contributed by atoms with Gasteiger partial charge < -0.3 is 5.11 Å². The number of benzene rings is 3. The summed E-state index contributed by atoms with van der Waals surface area (Å²) in [5.41, 5.74) is 2.99. The molecule has 0 saturated heterocycles. The molecule has 1 unspecified atom stereocenters. The Morgan fingerprint density at radius 2 is 1.09 bits per heavy atom. The van der Waals surface area contributed by atoms with Crippen molar-refractivity contribution in [2.24, 2.45) is 22.0 Å². The Morgan fingerprint density at radius 3 is 1.53 bits per heavy atom. The molecule has 0 saturated carbocycles. The number of carbonyl (C=O) groups excluding carboxylic acids is 2. The SMILES string of the molecule is CC1=NN(c2ccccc2)C(=O)[C@H]1C(c1ccccc1O)[C@H]1C(=O)N(c2ccccc2)N=C1C. The summed E-state index contributed by atoms with van der Waals surface area (Å²) in [6.07, 6.45) is 0. The van der Waals surface area contributed by atoms with E-state index in [-0.39, 0.29) is 17.6 Å². The number of phenols is 1. The quantitative estimate of drug-likeness (QED) is 0.616. The van der Waals surface area contributed by atoms with E-state index in [4.69, 9.17) is 0 Å². The molecule has 0 spiro atoms. The third kappa shape index (κ3) is 3.55. The number of hydrogen-bond acceptors (Lipinski definition) is 5. The van der Waals surface area contributed by atoms with Gasteiger partial charge in [-0.15, -0.1) is 0 Å². The van der Waals surface area contributed by atoms with Gasteiger partial charge in [0.05, 0.1) is 23.2 Å². The van der Waals surface area contributed by atoms with Gasteiger partial charge >= 0.3 is 0 Å². The summed E-state index contributed by atoms with van der Waals surface area (Å²) < 4.78 is 0. The lowest BCUT2D eigenvalue weighted by atomic mass is 9.72. The van der Waals surface area contributed by atoms with E-state index >= 15 is 0 Å². The number of hydrazone groups is 2. The van der Waals surface area contributed by atoms with Gasteiger partial charge in [-0.1, -0.05) is 54.6 Å². The van der Waals surface area contributed by atoms with Crippen LogP contribution in [0.4, 0.5) is 11.4 Å². The average Bonchev–Trinajstić information content (AvgIpc) is 3.32. The zero-order valence-electron chi connectivity index (χ0n) is 18.9. The second kappa shape index (κ2) is 8.59. The van der Waals surface area contributed by atoms with E-state index < -0.39 is 17.8 Å². The van der Waals surface area contributed by atoms with Crippen LogP contribution in [0.25, 0.3) is 0 Å². The fraction of sp³-hybridized carbons (Fsp3) is 0.185. The molecular weight excluding hydrogens is 428 g/mol. The predicted octanol–water partition coefficient (Wildman–Crippen LogP) is 4.55. The second-order valence-corrected chi connectivity index (χ2v) is 8.49.